The average molecular weight is 453 g/mol. The standard InChI is InChI=1S/C20H18Cl2N2O6/c21-13-7-11(23-19(27)20(28)29)8-14(22)18(13)30-12-4-5-16(25)15(9-12)24-17(26)6-10-2-1-3-10/h4-5,7-10,25H,1-3,6H2,(H,23,27)(H,24,26)(H,28,29). The lowest BCUT2D eigenvalue weighted by atomic mass is 9.83. The molecule has 2 aromatic carbocycles. The van der Waals surface area contributed by atoms with E-state index in [1.165, 1.54) is 30.3 Å². The zero-order valence-corrected chi connectivity index (χ0v) is 17.1. The van der Waals surface area contributed by atoms with Crippen molar-refractivity contribution in [2.75, 3.05) is 10.6 Å². The van der Waals surface area contributed by atoms with Crippen molar-refractivity contribution in [3.05, 3.63) is 40.4 Å². The van der Waals surface area contributed by atoms with Crippen molar-refractivity contribution < 1.29 is 29.3 Å². The quantitative estimate of drug-likeness (QED) is 0.373. The third-order valence-electron chi connectivity index (χ3n) is 4.61. The summed E-state index contributed by atoms with van der Waals surface area (Å²) in [6.07, 6.45) is 3.59. The van der Waals surface area contributed by atoms with Gasteiger partial charge in [-0.3, -0.25) is 9.59 Å². The number of anilines is 2. The summed E-state index contributed by atoms with van der Waals surface area (Å²) in [7, 11) is 0. The molecule has 158 valence electrons. The number of nitrogens with one attached hydrogen (secondary N) is 2. The molecule has 0 aromatic heterocycles. The normalized spacial score (nSPS) is 13.3. The molecule has 0 unspecified atom stereocenters. The highest BCUT2D eigenvalue weighted by Gasteiger charge is 2.21. The number of hydrogen-bond donors (Lipinski definition) is 4. The molecule has 1 saturated carbocycles. The minimum absolute atomic E-state index is 0.0202. The summed E-state index contributed by atoms with van der Waals surface area (Å²) in [6, 6.07) is 6.82. The number of ether oxygens (including phenoxy) is 1. The molecular weight excluding hydrogens is 435 g/mol. The van der Waals surface area contributed by atoms with Crippen molar-refractivity contribution in [2.24, 2.45) is 5.92 Å². The van der Waals surface area contributed by atoms with E-state index < -0.39 is 11.9 Å². The third kappa shape index (κ3) is 5.34. The van der Waals surface area contributed by atoms with E-state index in [1.54, 1.807) is 0 Å². The van der Waals surface area contributed by atoms with Gasteiger partial charge in [0, 0.05) is 18.2 Å². The number of carbonyl (C=O) groups is 3. The van der Waals surface area contributed by atoms with Crippen molar-refractivity contribution in [3.8, 4) is 17.2 Å². The first kappa shape index (κ1) is 21.7. The molecule has 1 aliphatic carbocycles. The summed E-state index contributed by atoms with van der Waals surface area (Å²) in [5, 5.41) is 23.5. The van der Waals surface area contributed by atoms with Crippen LogP contribution in [0.15, 0.2) is 30.3 Å². The maximum Gasteiger partial charge on any atom is 0.394 e. The predicted molar refractivity (Wildman–Crippen MR) is 111 cm³/mol. The fraction of sp³-hybridized carbons (Fsp3) is 0.250. The van der Waals surface area contributed by atoms with Gasteiger partial charge in [-0.15, -0.1) is 0 Å². The third-order valence-corrected chi connectivity index (χ3v) is 5.17. The second kappa shape index (κ2) is 9.23. The minimum Gasteiger partial charge on any atom is -0.506 e. The van der Waals surface area contributed by atoms with Crippen molar-refractivity contribution in [1.82, 2.24) is 0 Å². The summed E-state index contributed by atoms with van der Waals surface area (Å²) in [5.41, 5.74) is 0.272. The van der Waals surface area contributed by atoms with E-state index in [1.807, 2.05) is 0 Å². The first-order chi connectivity index (χ1) is 14.2. The zero-order chi connectivity index (χ0) is 21.8. The fourth-order valence-electron chi connectivity index (χ4n) is 2.87. The second-order valence-electron chi connectivity index (χ2n) is 6.86. The Morgan fingerprint density at radius 1 is 1.07 bits per heavy atom. The van der Waals surface area contributed by atoms with Crippen LogP contribution in [0.4, 0.5) is 11.4 Å². The van der Waals surface area contributed by atoms with Crippen molar-refractivity contribution in [2.45, 2.75) is 25.7 Å². The van der Waals surface area contributed by atoms with Gasteiger partial charge in [0.1, 0.15) is 11.5 Å². The first-order valence-electron chi connectivity index (χ1n) is 9.07. The van der Waals surface area contributed by atoms with Crippen LogP contribution < -0.4 is 15.4 Å². The molecule has 1 aliphatic rings. The van der Waals surface area contributed by atoms with Gasteiger partial charge < -0.3 is 25.6 Å². The molecule has 30 heavy (non-hydrogen) atoms. The topological polar surface area (TPSA) is 125 Å². The van der Waals surface area contributed by atoms with Gasteiger partial charge in [-0.1, -0.05) is 29.6 Å². The van der Waals surface area contributed by atoms with Gasteiger partial charge in [0.25, 0.3) is 0 Å². The summed E-state index contributed by atoms with van der Waals surface area (Å²) in [4.78, 5) is 34.1. The number of benzene rings is 2. The highest BCUT2D eigenvalue weighted by molar-refractivity contribution is 6.39. The molecule has 4 N–H and O–H groups in total. The van der Waals surface area contributed by atoms with Crippen LogP contribution >= 0.6 is 23.2 Å². The highest BCUT2D eigenvalue weighted by atomic mass is 35.5. The molecule has 10 heteroatoms. The molecule has 3 rings (SSSR count). The first-order valence-corrected chi connectivity index (χ1v) is 9.82. The molecule has 0 aliphatic heterocycles. The number of aliphatic carboxylic acids is 1. The Hall–Kier alpha value is -2.97. The molecule has 0 atom stereocenters. The number of amides is 2. The van der Waals surface area contributed by atoms with E-state index in [0.29, 0.717) is 12.3 Å². The molecular formula is C20H18Cl2N2O6. The van der Waals surface area contributed by atoms with Crippen molar-refractivity contribution >= 4 is 52.4 Å². The zero-order valence-electron chi connectivity index (χ0n) is 15.6. The van der Waals surface area contributed by atoms with Crippen LogP contribution in [0.1, 0.15) is 25.7 Å². The summed E-state index contributed by atoms with van der Waals surface area (Å²) < 4.78 is 5.68. The van der Waals surface area contributed by atoms with Crippen LogP contribution in [0.3, 0.4) is 0 Å². The van der Waals surface area contributed by atoms with Gasteiger partial charge >= 0.3 is 11.9 Å². The van der Waals surface area contributed by atoms with Gasteiger partial charge in [0.15, 0.2) is 5.75 Å². The van der Waals surface area contributed by atoms with E-state index in [4.69, 9.17) is 33.0 Å². The summed E-state index contributed by atoms with van der Waals surface area (Å²) in [6.45, 7) is 0. The number of aromatic hydroxyl groups is 1. The van der Waals surface area contributed by atoms with Crippen LogP contribution in [-0.2, 0) is 14.4 Å². The Morgan fingerprint density at radius 3 is 2.30 bits per heavy atom. The highest BCUT2D eigenvalue weighted by Crippen LogP contribution is 2.40. The van der Waals surface area contributed by atoms with Gasteiger partial charge in [0.2, 0.25) is 5.91 Å². The van der Waals surface area contributed by atoms with Gasteiger partial charge in [0.05, 0.1) is 15.7 Å². The molecule has 0 heterocycles. The molecule has 0 bridgehead atoms. The summed E-state index contributed by atoms with van der Waals surface area (Å²) >= 11 is 12.3. The predicted octanol–water partition coefficient (Wildman–Crippen LogP) is 4.64. The number of carboxylic acids is 1. The monoisotopic (exact) mass is 452 g/mol. The smallest absolute Gasteiger partial charge is 0.394 e. The van der Waals surface area contributed by atoms with Crippen LogP contribution in [0.5, 0.6) is 17.2 Å². The maximum atomic E-state index is 12.1. The Balaban J connectivity index is 1.74. The Morgan fingerprint density at radius 2 is 1.73 bits per heavy atom. The Bertz CT molecular complexity index is 984. The van der Waals surface area contributed by atoms with Gasteiger partial charge in [-0.2, -0.15) is 0 Å². The number of carbonyl (C=O) groups excluding carboxylic acids is 2. The lowest BCUT2D eigenvalue weighted by Crippen LogP contribution is -2.21. The number of halogens is 2. The molecule has 0 spiro atoms. The number of phenols is 1. The van der Waals surface area contributed by atoms with E-state index in [-0.39, 0.29) is 44.6 Å². The van der Waals surface area contributed by atoms with E-state index in [0.717, 1.165) is 19.3 Å². The van der Waals surface area contributed by atoms with Crippen molar-refractivity contribution in [3.63, 3.8) is 0 Å². The van der Waals surface area contributed by atoms with E-state index in [9.17, 15) is 19.5 Å². The van der Waals surface area contributed by atoms with Crippen molar-refractivity contribution in [1.29, 1.82) is 0 Å². The van der Waals surface area contributed by atoms with E-state index in [2.05, 4.69) is 10.6 Å². The van der Waals surface area contributed by atoms with Crippen LogP contribution in [0.25, 0.3) is 0 Å². The summed E-state index contributed by atoms with van der Waals surface area (Å²) in [5.74, 6) is -2.52. The molecule has 2 aromatic rings. The molecule has 2 amide bonds. The fourth-order valence-corrected chi connectivity index (χ4v) is 3.44. The lowest BCUT2D eigenvalue weighted by Gasteiger charge is -2.24. The second-order valence-corrected chi connectivity index (χ2v) is 7.67. The van der Waals surface area contributed by atoms with Crippen LogP contribution in [0, 0.1) is 5.92 Å². The number of hydrogen-bond acceptors (Lipinski definition) is 5. The average Bonchev–Trinajstić information content (AvgIpc) is 2.63. The largest absolute Gasteiger partial charge is 0.506 e. The molecule has 1 fully saturated rings. The minimum atomic E-state index is -1.65. The number of phenolic OH excluding ortho intramolecular Hbond substituents is 1. The maximum absolute atomic E-state index is 12.1. The molecule has 0 radical (unpaired) electrons. The Kier molecular flexibility index (Phi) is 6.69. The van der Waals surface area contributed by atoms with Gasteiger partial charge in [-0.05, 0) is 43.0 Å². The Labute approximate surface area is 181 Å². The van der Waals surface area contributed by atoms with Crippen LogP contribution in [-0.4, -0.2) is 28.0 Å². The van der Waals surface area contributed by atoms with E-state index >= 15 is 0 Å². The van der Waals surface area contributed by atoms with Crippen LogP contribution in [0.2, 0.25) is 10.0 Å². The van der Waals surface area contributed by atoms with Gasteiger partial charge in [-0.25, -0.2) is 4.79 Å². The number of carboxylic acid groups (broad SMARTS) is 1. The molecule has 8 nitrogen and oxygen atoms in total. The number of rotatable bonds is 6. The lowest BCUT2D eigenvalue weighted by molar-refractivity contribution is -0.147. The SMILES string of the molecule is O=C(CC1CCC1)Nc1cc(Oc2c(Cl)cc(NC(=O)C(=O)O)cc2Cl)ccc1O. The molecule has 0 saturated heterocycles.